The Kier molecular flexibility index (Phi) is 5.03. The molecule has 0 spiro atoms. The Bertz CT molecular complexity index is 542. The summed E-state index contributed by atoms with van der Waals surface area (Å²) in [5.41, 5.74) is 6.63. The summed E-state index contributed by atoms with van der Waals surface area (Å²) in [6, 6.07) is 0.938. The predicted octanol–water partition coefficient (Wildman–Crippen LogP) is 1.66. The van der Waals surface area contributed by atoms with Crippen LogP contribution in [-0.2, 0) is 14.7 Å². The van der Waals surface area contributed by atoms with Crippen molar-refractivity contribution < 1.29 is 9.00 Å². The minimum Gasteiger partial charge on any atom is -0.320 e. The fourth-order valence-corrected chi connectivity index (χ4v) is 3.69. The molecule has 0 aromatic carbocycles. The maximum Gasteiger partial charge on any atom is 0.271 e. The number of hydrogen-bond donors (Lipinski definition) is 2. The molecule has 0 saturated carbocycles. The molecule has 0 bridgehead atoms. The molecule has 0 aliphatic rings. The van der Waals surface area contributed by atoms with Crippen LogP contribution in [0.4, 0.5) is 0 Å². The van der Waals surface area contributed by atoms with E-state index in [-0.39, 0.29) is 5.92 Å². The summed E-state index contributed by atoms with van der Waals surface area (Å²) in [4.78, 5) is 11.7. The van der Waals surface area contributed by atoms with E-state index < -0.39 is 21.9 Å². The van der Waals surface area contributed by atoms with Gasteiger partial charge in [-0.25, -0.2) is 9.35 Å². The maximum atomic E-state index is 12.1. The van der Waals surface area contributed by atoms with Crippen LogP contribution in [0.2, 0.25) is 0 Å². The zero-order valence-corrected chi connectivity index (χ0v) is 12.4. The number of nitrogens with two attached hydrogens (primary N) is 2. The lowest BCUT2D eigenvalue weighted by Gasteiger charge is -2.10. The minimum atomic E-state index is -3.16. The molecular formula is C11H19N3O2S2. The van der Waals surface area contributed by atoms with Gasteiger partial charge in [0, 0.05) is 0 Å². The van der Waals surface area contributed by atoms with Gasteiger partial charge in [0.05, 0.1) is 6.04 Å². The SMILES string of the molecule is Cc1csc(S(N)(=O)=NC(=O)[C@@H](N)CC(C)C)c1. The molecule has 102 valence electrons. The van der Waals surface area contributed by atoms with Crippen molar-refractivity contribution in [3.8, 4) is 0 Å². The van der Waals surface area contributed by atoms with Gasteiger partial charge in [-0.05, 0) is 36.3 Å². The number of hydrogen-bond acceptors (Lipinski definition) is 4. The van der Waals surface area contributed by atoms with Crippen LogP contribution in [0.1, 0.15) is 25.8 Å². The lowest BCUT2D eigenvalue weighted by Crippen LogP contribution is -2.32. The highest BCUT2D eigenvalue weighted by molar-refractivity contribution is 7.93. The van der Waals surface area contributed by atoms with Crippen LogP contribution < -0.4 is 10.9 Å². The van der Waals surface area contributed by atoms with Crippen LogP contribution in [0.5, 0.6) is 0 Å². The summed E-state index contributed by atoms with van der Waals surface area (Å²) in [7, 11) is -3.16. The molecule has 1 amide bonds. The number of amides is 1. The highest BCUT2D eigenvalue weighted by Crippen LogP contribution is 2.20. The zero-order valence-electron chi connectivity index (χ0n) is 10.8. The number of rotatable bonds is 4. The molecule has 4 N–H and O–H groups in total. The molecule has 1 unspecified atom stereocenters. The van der Waals surface area contributed by atoms with Gasteiger partial charge in [-0.15, -0.1) is 15.7 Å². The maximum absolute atomic E-state index is 12.1. The average molecular weight is 289 g/mol. The molecule has 2 atom stereocenters. The molecule has 5 nitrogen and oxygen atoms in total. The molecule has 1 rings (SSSR count). The van der Waals surface area contributed by atoms with Crippen molar-refractivity contribution in [1.29, 1.82) is 0 Å². The molecule has 1 aromatic rings. The molecule has 0 aliphatic carbocycles. The van der Waals surface area contributed by atoms with Crippen LogP contribution in [-0.4, -0.2) is 16.2 Å². The van der Waals surface area contributed by atoms with Gasteiger partial charge in [-0.3, -0.25) is 4.79 Å². The minimum absolute atomic E-state index is 0.275. The van der Waals surface area contributed by atoms with Crippen molar-refractivity contribution >= 4 is 27.2 Å². The van der Waals surface area contributed by atoms with Crippen molar-refractivity contribution in [1.82, 2.24) is 0 Å². The first-order valence-electron chi connectivity index (χ1n) is 5.62. The summed E-state index contributed by atoms with van der Waals surface area (Å²) in [6.07, 6.45) is 0.501. The number of carbonyl (C=O) groups is 1. The molecule has 0 aliphatic heterocycles. The summed E-state index contributed by atoms with van der Waals surface area (Å²) in [5, 5.41) is 7.43. The van der Waals surface area contributed by atoms with E-state index >= 15 is 0 Å². The van der Waals surface area contributed by atoms with E-state index in [0.29, 0.717) is 10.6 Å². The quantitative estimate of drug-likeness (QED) is 0.881. The summed E-state index contributed by atoms with van der Waals surface area (Å²) < 4.78 is 16.2. The van der Waals surface area contributed by atoms with Gasteiger partial charge < -0.3 is 5.73 Å². The third-order valence-electron chi connectivity index (χ3n) is 2.26. The first-order valence-corrected chi connectivity index (χ1v) is 8.07. The molecule has 0 fully saturated rings. The fourth-order valence-electron chi connectivity index (χ4n) is 1.41. The van der Waals surface area contributed by atoms with Crippen molar-refractivity contribution in [3.05, 3.63) is 17.0 Å². The highest BCUT2D eigenvalue weighted by Gasteiger charge is 2.18. The van der Waals surface area contributed by atoms with Crippen molar-refractivity contribution in [2.45, 2.75) is 37.4 Å². The zero-order chi connectivity index (χ0) is 13.9. The Labute approximate surface area is 112 Å². The van der Waals surface area contributed by atoms with Crippen molar-refractivity contribution in [3.63, 3.8) is 0 Å². The second-order valence-corrected chi connectivity index (χ2v) is 7.61. The topological polar surface area (TPSA) is 98.5 Å². The Hall–Kier alpha value is -0.760. The smallest absolute Gasteiger partial charge is 0.271 e. The molecular weight excluding hydrogens is 270 g/mol. The normalized spacial score (nSPS) is 16.3. The second kappa shape index (κ2) is 5.92. The molecule has 1 heterocycles. The van der Waals surface area contributed by atoms with E-state index in [4.69, 9.17) is 10.9 Å². The van der Waals surface area contributed by atoms with Crippen LogP contribution in [0, 0.1) is 12.8 Å². The number of aryl methyl sites for hydroxylation is 1. The number of thiophene rings is 1. The van der Waals surface area contributed by atoms with Crippen LogP contribution in [0.3, 0.4) is 0 Å². The monoisotopic (exact) mass is 289 g/mol. The average Bonchev–Trinajstić information content (AvgIpc) is 2.63. The van der Waals surface area contributed by atoms with E-state index in [0.717, 1.165) is 5.56 Å². The second-order valence-electron chi connectivity index (χ2n) is 4.68. The molecule has 1 aromatic heterocycles. The Balaban J connectivity index is 2.94. The van der Waals surface area contributed by atoms with Gasteiger partial charge in [0.15, 0.2) is 9.92 Å². The summed E-state index contributed by atoms with van der Waals surface area (Å²) in [5.74, 6) is -0.320. The van der Waals surface area contributed by atoms with Gasteiger partial charge >= 0.3 is 0 Å². The van der Waals surface area contributed by atoms with Gasteiger partial charge in [0.1, 0.15) is 4.21 Å². The van der Waals surface area contributed by atoms with Gasteiger partial charge in [-0.1, -0.05) is 13.8 Å². The molecule has 0 radical (unpaired) electrons. The first-order chi connectivity index (χ1) is 8.22. The van der Waals surface area contributed by atoms with Gasteiger partial charge in [-0.2, -0.15) is 0 Å². The lowest BCUT2D eigenvalue weighted by molar-refractivity contribution is -0.119. The van der Waals surface area contributed by atoms with E-state index in [1.807, 2.05) is 26.2 Å². The van der Waals surface area contributed by atoms with Crippen LogP contribution >= 0.6 is 11.3 Å². The third kappa shape index (κ3) is 4.16. The van der Waals surface area contributed by atoms with Crippen molar-refractivity contribution in [2.24, 2.45) is 21.2 Å². The van der Waals surface area contributed by atoms with Crippen LogP contribution in [0.15, 0.2) is 20.0 Å². The summed E-state index contributed by atoms with van der Waals surface area (Å²) >= 11 is 1.24. The first kappa shape index (κ1) is 15.3. The Morgan fingerprint density at radius 3 is 2.61 bits per heavy atom. The van der Waals surface area contributed by atoms with Gasteiger partial charge in [0.2, 0.25) is 0 Å². The third-order valence-corrected chi connectivity index (χ3v) is 5.25. The van der Waals surface area contributed by atoms with E-state index in [2.05, 4.69) is 4.36 Å². The van der Waals surface area contributed by atoms with Crippen molar-refractivity contribution in [2.75, 3.05) is 0 Å². The van der Waals surface area contributed by atoms with Crippen LogP contribution in [0.25, 0.3) is 0 Å². The molecule has 7 heteroatoms. The molecule has 0 saturated heterocycles. The van der Waals surface area contributed by atoms with Gasteiger partial charge in [0.25, 0.3) is 5.91 Å². The van der Waals surface area contributed by atoms with E-state index in [1.165, 1.54) is 11.3 Å². The predicted molar refractivity (Wildman–Crippen MR) is 74.5 cm³/mol. The standard InChI is InChI=1S/C11H19N3O2S2/c1-7(2)4-9(12)11(15)14-18(13,16)10-5-8(3)6-17-10/h5-7,9H,4,12H2,1-3H3,(H2,13,14,15,16)/t9-,18?/m0/s1. The number of carbonyl (C=O) groups excluding carboxylic acids is 1. The Morgan fingerprint density at radius 1 is 1.56 bits per heavy atom. The van der Waals surface area contributed by atoms with E-state index in [1.54, 1.807) is 6.07 Å². The highest BCUT2D eigenvalue weighted by atomic mass is 32.2. The fraction of sp³-hybridized carbons (Fsp3) is 0.545. The largest absolute Gasteiger partial charge is 0.320 e. The van der Waals surface area contributed by atoms with E-state index in [9.17, 15) is 9.00 Å². The number of nitrogens with zero attached hydrogens (tertiary/aromatic N) is 1. The Morgan fingerprint density at radius 2 is 2.17 bits per heavy atom. The summed E-state index contributed by atoms with van der Waals surface area (Å²) in [6.45, 7) is 5.77. The lowest BCUT2D eigenvalue weighted by atomic mass is 10.0. The molecule has 18 heavy (non-hydrogen) atoms.